The van der Waals surface area contributed by atoms with Gasteiger partial charge in [-0.2, -0.15) is 0 Å². The van der Waals surface area contributed by atoms with Crippen molar-refractivity contribution in [3.8, 4) is 5.75 Å². The zero-order chi connectivity index (χ0) is 16.4. The zero-order valence-electron chi connectivity index (χ0n) is 12.0. The van der Waals surface area contributed by atoms with Gasteiger partial charge in [-0.25, -0.2) is 10.5 Å². The molecule has 0 aliphatic rings. The lowest BCUT2D eigenvalue weighted by atomic mass is 10.2. The van der Waals surface area contributed by atoms with E-state index in [1.165, 1.54) is 7.11 Å². The van der Waals surface area contributed by atoms with Crippen molar-refractivity contribution in [2.45, 2.75) is 0 Å². The monoisotopic (exact) mass is 350 g/mol. The molecule has 5 nitrogen and oxygen atoms in total. The second-order valence-corrected chi connectivity index (χ2v) is 5.45. The number of rotatable bonds is 3. The number of ether oxygens (including phenoxy) is 1. The van der Waals surface area contributed by atoms with Crippen molar-refractivity contribution in [3.05, 3.63) is 58.3 Å². The van der Waals surface area contributed by atoms with Crippen LogP contribution in [0.4, 0.5) is 5.69 Å². The number of benzene rings is 2. The molecule has 23 heavy (non-hydrogen) atoms. The molecule has 0 atom stereocenters. The van der Waals surface area contributed by atoms with Crippen LogP contribution in [0.15, 0.2) is 51.9 Å². The van der Waals surface area contributed by atoms with Crippen LogP contribution in [0.2, 0.25) is 10.0 Å². The Morgan fingerprint density at radius 3 is 2.70 bits per heavy atom. The summed E-state index contributed by atoms with van der Waals surface area (Å²) in [6, 6.07) is 12.2. The van der Waals surface area contributed by atoms with E-state index in [1.807, 2.05) is 5.48 Å². The van der Waals surface area contributed by atoms with Gasteiger partial charge in [0.15, 0.2) is 22.9 Å². The van der Waals surface area contributed by atoms with Gasteiger partial charge in [0.05, 0.1) is 17.8 Å². The first-order valence-corrected chi connectivity index (χ1v) is 7.39. The summed E-state index contributed by atoms with van der Waals surface area (Å²) < 4.78 is 11.0. The predicted octanol–water partition coefficient (Wildman–Crippen LogP) is 4.81. The minimum Gasteiger partial charge on any atom is -0.493 e. The number of methoxy groups -OCH3 is 1. The van der Waals surface area contributed by atoms with Crippen molar-refractivity contribution in [3.63, 3.8) is 0 Å². The fourth-order valence-corrected chi connectivity index (χ4v) is 2.64. The lowest BCUT2D eigenvalue weighted by Gasteiger charge is -2.02. The minimum absolute atomic E-state index is 0.0653. The lowest BCUT2D eigenvalue weighted by Crippen LogP contribution is -2.19. The molecule has 1 heterocycles. The van der Waals surface area contributed by atoms with Crippen LogP contribution < -0.4 is 10.2 Å². The number of hydrogen-bond acceptors (Lipinski definition) is 4. The number of furan rings is 1. The van der Waals surface area contributed by atoms with E-state index in [-0.39, 0.29) is 11.6 Å². The van der Waals surface area contributed by atoms with Gasteiger partial charge < -0.3 is 9.15 Å². The van der Waals surface area contributed by atoms with Crippen molar-refractivity contribution in [1.82, 2.24) is 5.48 Å². The van der Waals surface area contributed by atoms with Crippen LogP contribution in [0.25, 0.3) is 11.0 Å². The molecule has 7 heteroatoms. The quantitative estimate of drug-likeness (QED) is 0.404. The second-order valence-electron chi connectivity index (χ2n) is 4.63. The van der Waals surface area contributed by atoms with E-state index in [9.17, 15) is 5.21 Å². The molecule has 0 bridgehead atoms. The molecule has 0 aliphatic heterocycles. The lowest BCUT2D eigenvalue weighted by molar-refractivity contribution is 0.233. The Balaban J connectivity index is 2.15. The maximum absolute atomic E-state index is 9.42. The Kier molecular flexibility index (Phi) is 4.43. The molecule has 3 aromatic rings. The third-order valence-corrected chi connectivity index (χ3v) is 3.82. The first-order chi connectivity index (χ1) is 11.1. The maximum Gasteiger partial charge on any atom is 0.195 e. The largest absolute Gasteiger partial charge is 0.493 e. The molecule has 1 aromatic heterocycles. The number of fused-ring (bicyclic) bond motifs is 1. The van der Waals surface area contributed by atoms with Crippen LogP contribution in [0.3, 0.4) is 0 Å². The number of nitrogens with zero attached hydrogens (tertiary/aromatic N) is 1. The Morgan fingerprint density at radius 1 is 1.22 bits per heavy atom. The van der Waals surface area contributed by atoms with Gasteiger partial charge in [0, 0.05) is 10.4 Å². The molecule has 0 saturated heterocycles. The zero-order valence-corrected chi connectivity index (χ0v) is 13.5. The van der Waals surface area contributed by atoms with Crippen molar-refractivity contribution < 1.29 is 14.4 Å². The first kappa shape index (κ1) is 15.7. The summed E-state index contributed by atoms with van der Waals surface area (Å²) in [7, 11) is 1.54. The van der Waals surface area contributed by atoms with Crippen LogP contribution in [0.1, 0.15) is 5.76 Å². The van der Waals surface area contributed by atoms with Crippen molar-refractivity contribution in [2.75, 3.05) is 7.11 Å². The summed E-state index contributed by atoms with van der Waals surface area (Å²) in [6.07, 6.45) is 0. The van der Waals surface area contributed by atoms with E-state index in [2.05, 4.69) is 4.99 Å². The van der Waals surface area contributed by atoms with Crippen LogP contribution in [-0.4, -0.2) is 18.2 Å². The number of amidine groups is 1. The van der Waals surface area contributed by atoms with E-state index in [4.69, 9.17) is 32.4 Å². The van der Waals surface area contributed by atoms with Crippen LogP contribution in [-0.2, 0) is 0 Å². The molecule has 2 aromatic carbocycles. The minimum atomic E-state index is 0.0653. The molecule has 0 amide bonds. The second kappa shape index (κ2) is 6.50. The van der Waals surface area contributed by atoms with Gasteiger partial charge in [0.1, 0.15) is 0 Å². The van der Waals surface area contributed by atoms with Gasteiger partial charge >= 0.3 is 0 Å². The number of halogens is 2. The molecular formula is C16H12Cl2N2O3. The Bertz CT molecular complexity index is 890. The number of hydroxylamine groups is 1. The van der Waals surface area contributed by atoms with Crippen LogP contribution in [0, 0.1) is 0 Å². The molecule has 0 fully saturated rings. The van der Waals surface area contributed by atoms with Gasteiger partial charge in [-0.15, -0.1) is 0 Å². The SMILES string of the molecule is COc1cccc2c(Cl)c(C(=Nc3cccc(Cl)c3)NO)oc12. The maximum atomic E-state index is 9.42. The topological polar surface area (TPSA) is 67.0 Å². The summed E-state index contributed by atoms with van der Waals surface area (Å²) >= 11 is 12.3. The summed E-state index contributed by atoms with van der Waals surface area (Å²) in [5, 5.41) is 10.9. The molecule has 118 valence electrons. The predicted molar refractivity (Wildman–Crippen MR) is 90.3 cm³/mol. The number of hydrogen-bond donors (Lipinski definition) is 2. The summed E-state index contributed by atoms with van der Waals surface area (Å²) in [4.78, 5) is 4.27. The summed E-state index contributed by atoms with van der Waals surface area (Å²) in [5.41, 5.74) is 3.03. The van der Waals surface area contributed by atoms with Gasteiger partial charge in [0.25, 0.3) is 0 Å². The van der Waals surface area contributed by atoms with Crippen LogP contribution >= 0.6 is 23.2 Å². The molecule has 2 N–H and O–H groups in total. The number of nitrogens with one attached hydrogen (secondary N) is 1. The van der Waals surface area contributed by atoms with E-state index >= 15 is 0 Å². The highest BCUT2D eigenvalue weighted by Crippen LogP contribution is 2.36. The molecular weight excluding hydrogens is 339 g/mol. The third-order valence-electron chi connectivity index (χ3n) is 3.21. The van der Waals surface area contributed by atoms with E-state index < -0.39 is 0 Å². The smallest absolute Gasteiger partial charge is 0.195 e. The average Bonchev–Trinajstić information content (AvgIpc) is 2.90. The highest BCUT2D eigenvalue weighted by Gasteiger charge is 2.20. The van der Waals surface area contributed by atoms with E-state index in [0.717, 1.165) is 0 Å². The normalized spacial score (nSPS) is 11.7. The fraction of sp³-hybridized carbons (Fsp3) is 0.0625. The molecule has 0 unspecified atom stereocenters. The van der Waals surface area contributed by atoms with Crippen molar-refractivity contribution in [1.29, 1.82) is 0 Å². The number of aliphatic imine (C=N–C) groups is 1. The molecule has 3 rings (SSSR count). The molecule has 0 radical (unpaired) electrons. The van der Waals surface area contributed by atoms with Gasteiger partial charge in [-0.3, -0.25) is 5.21 Å². The molecule has 0 spiro atoms. The fourth-order valence-electron chi connectivity index (χ4n) is 2.18. The summed E-state index contributed by atoms with van der Waals surface area (Å²) in [6.45, 7) is 0. The highest BCUT2D eigenvalue weighted by atomic mass is 35.5. The average molecular weight is 351 g/mol. The third kappa shape index (κ3) is 2.99. The Labute approximate surface area is 142 Å². The van der Waals surface area contributed by atoms with E-state index in [1.54, 1.807) is 42.5 Å². The first-order valence-electron chi connectivity index (χ1n) is 6.63. The highest BCUT2D eigenvalue weighted by molar-refractivity contribution is 6.38. The van der Waals surface area contributed by atoms with Crippen molar-refractivity contribution in [2.24, 2.45) is 4.99 Å². The Hall–Kier alpha value is -2.21. The standard InChI is InChI=1S/C16H12Cl2N2O3/c1-22-12-7-3-6-11-13(18)15(23-14(11)12)16(20-21)19-10-5-2-4-9(17)8-10/h2-8,21H,1H3,(H,19,20). The van der Waals surface area contributed by atoms with Crippen LogP contribution in [0.5, 0.6) is 5.75 Å². The van der Waals surface area contributed by atoms with Gasteiger partial charge in [-0.05, 0) is 30.3 Å². The van der Waals surface area contributed by atoms with Gasteiger partial charge in [0.2, 0.25) is 0 Å². The molecule has 0 saturated carbocycles. The van der Waals surface area contributed by atoms with Crippen molar-refractivity contribution >= 4 is 45.7 Å². The Morgan fingerprint density at radius 2 is 2.00 bits per heavy atom. The summed E-state index contributed by atoms with van der Waals surface area (Å²) in [5.74, 6) is 0.805. The molecule has 0 aliphatic carbocycles. The van der Waals surface area contributed by atoms with E-state index in [0.29, 0.717) is 32.5 Å². The van der Waals surface area contributed by atoms with Gasteiger partial charge in [-0.1, -0.05) is 35.3 Å². The number of para-hydroxylation sites is 1.